The highest BCUT2D eigenvalue weighted by molar-refractivity contribution is 5.23. The second-order valence-corrected chi connectivity index (χ2v) is 3.68. The maximum Gasteiger partial charge on any atom is 0.147 e. The quantitative estimate of drug-likeness (QED) is 0.487. The van der Waals surface area contributed by atoms with Crippen LogP contribution in [-0.4, -0.2) is 43.5 Å². The van der Waals surface area contributed by atoms with Crippen molar-refractivity contribution in [2.75, 3.05) is 26.5 Å². The number of ether oxygens (including phenoxy) is 2. The van der Waals surface area contributed by atoms with Crippen molar-refractivity contribution in [1.29, 1.82) is 0 Å². The smallest absolute Gasteiger partial charge is 0.147 e. The highest BCUT2D eigenvalue weighted by atomic mass is 16.7. The molecule has 3 heterocycles. The van der Waals surface area contributed by atoms with Gasteiger partial charge in [-0.1, -0.05) is 6.08 Å². The lowest BCUT2D eigenvalue weighted by Crippen LogP contribution is -2.32. The fourth-order valence-corrected chi connectivity index (χ4v) is 2.47. The summed E-state index contributed by atoms with van der Waals surface area (Å²) in [6, 6.07) is 0.549. The summed E-state index contributed by atoms with van der Waals surface area (Å²) in [7, 11) is 0. The topological polar surface area (TPSA) is 21.7 Å². The van der Waals surface area contributed by atoms with Crippen LogP contribution in [0, 0.1) is 0 Å². The first kappa shape index (κ1) is 7.06. The van der Waals surface area contributed by atoms with E-state index in [9.17, 15) is 0 Å². The van der Waals surface area contributed by atoms with Crippen LogP contribution in [0.15, 0.2) is 11.6 Å². The van der Waals surface area contributed by atoms with Crippen LogP contribution in [0.1, 0.15) is 6.42 Å². The Hall–Kier alpha value is -0.380. The lowest BCUT2D eigenvalue weighted by molar-refractivity contribution is -0.0679. The fraction of sp³-hybridized carbons (Fsp3) is 0.778. The third-order valence-electron chi connectivity index (χ3n) is 3.05. The normalized spacial score (nSPS) is 40.8. The first-order valence-electron chi connectivity index (χ1n) is 4.57. The molecule has 2 fully saturated rings. The van der Waals surface area contributed by atoms with E-state index in [1.54, 1.807) is 0 Å². The summed E-state index contributed by atoms with van der Waals surface area (Å²) in [4.78, 5) is 2.48. The molecule has 3 aliphatic heterocycles. The van der Waals surface area contributed by atoms with Crippen molar-refractivity contribution >= 4 is 0 Å². The van der Waals surface area contributed by atoms with E-state index >= 15 is 0 Å². The van der Waals surface area contributed by atoms with Crippen LogP contribution in [0.5, 0.6) is 0 Å². The van der Waals surface area contributed by atoms with Crippen LogP contribution in [0.2, 0.25) is 0 Å². The van der Waals surface area contributed by atoms with Gasteiger partial charge in [-0.05, 0) is 12.0 Å². The molecule has 0 saturated carbocycles. The summed E-state index contributed by atoms with van der Waals surface area (Å²) >= 11 is 0. The van der Waals surface area contributed by atoms with Crippen LogP contribution in [0.25, 0.3) is 0 Å². The third kappa shape index (κ3) is 0.873. The van der Waals surface area contributed by atoms with Gasteiger partial charge in [0.25, 0.3) is 0 Å². The van der Waals surface area contributed by atoms with Gasteiger partial charge >= 0.3 is 0 Å². The maximum atomic E-state index is 5.60. The summed E-state index contributed by atoms with van der Waals surface area (Å²) in [5.74, 6) is 0. The minimum atomic E-state index is 0.404. The van der Waals surface area contributed by atoms with Gasteiger partial charge < -0.3 is 9.47 Å². The average molecular weight is 167 g/mol. The highest BCUT2D eigenvalue weighted by Gasteiger charge is 2.41. The first-order chi connectivity index (χ1) is 5.95. The average Bonchev–Trinajstić information content (AvgIpc) is 2.57. The van der Waals surface area contributed by atoms with E-state index in [4.69, 9.17) is 9.47 Å². The van der Waals surface area contributed by atoms with Crippen molar-refractivity contribution in [3.05, 3.63) is 11.6 Å². The zero-order valence-electron chi connectivity index (χ0n) is 7.03. The molecule has 0 aliphatic carbocycles. The molecule has 0 aromatic rings. The monoisotopic (exact) mass is 167 g/mol. The Morgan fingerprint density at radius 3 is 3.50 bits per heavy atom. The molecule has 2 saturated heterocycles. The molecule has 3 heteroatoms. The number of nitrogens with zero attached hydrogens (tertiary/aromatic N) is 1. The van der Waals surface area contributed by atoms with E-state index in [0.717, 1.165) is 13.2 Å². The minimum absolute atomic E-state index is 0.404. The van der Waals surface area contributed by atoms with Crippen LogP contribution in [0.4, 0.5) is 0 Å². The second kappa shape index (κ2) is 2.55. The molecule has 3 aliphatic rings. The molecule has 0 N–H and O–H groups in total. The summed E-state index contributed by atoms with van der Waals surface area (Å²) in [5.41, 5.74) is 1.44. The molecule has 0 bridgehead atoms. The standard InChI is InChI=1S/C9H13NO2/c1-3-10-4-2-8-9(10)7(1)5-11-6-12-8/h1,8-9H,2-6H2. The van der Waals surface area contributed by atoms with Gasteiger partial charge in [-0.3, -0.25) is 4.90 Å². The van der Waals surface area contributed by atoms with Crippen molar-refractivity contribution < 1.29 is 9.47 Å². The molecule has 2 atom stereocenters. The maximum absolute atomic E-state index is 5.60. The van der Waals surface area contributed by atoms with E-state index in [0.29, 0.717) is 18.9 Å². The first-order valence-corrected chi connectivity index (χ1v) is 4.57. The summed E-state index contributed by atoms with van der Waals surface area (Å²) in [6.45, 7) is 3.54. The summed E-state index contributed by atoms with van der Waals surface area (Å²) in [6.07, 6.45) is 3.87. The highest BCUT2D eigenvalue weighted by Crippen LogP contribution is 2.32. The molecule has 2 unspecified atom stereocenters. The van der Waals surface area contributed by atoms with Crippen molar-refractivity contribution in [1.82, 2.24) is 4.90 Å². The van der Waals surface area contributed by atoms with Gasteiger partial charge in [0.05, 0.1) is 18.8 Å². The molecule has 0 amide bonds. The van der Waals surface area contributed by atoms with Crippen LogP contribution in [-0.2, 0) is 9.47 Å². The van der Waals surface area contributed by atoms with Crippen LogP contribution < -0.4 is 0 Å². The van der Waals surface area contributed by atoms with E-state index in [1.165, 1.54) is 18.5 Å². The van der Waals surface area contributed by atoms with Crippen LogP contribution in [0.3, 0.4) is 0 Å². The molecule has 66 valence electrons. The van der Waals surface area contributed by atoms with Crippen molar-refractivity contribution in [3.63, 3.8) is 0 Å². The van der Waals surface area contributed by atoms with Gasteiger partial charge in [-0.2, -0.15) is 0 Å². The fourth-order valence-electron chi connectivity index (χ4n) is 2.47. The van der Waals surface area contributed by atoms with Crippen molar-refractivity contribution in [2.45, 2.75) is 18.6 Å². The van der Waals surface area contributed by atoms with Gasteiger partial charge in [0.1, 0.15) is 6.79 Å². The van der Waals surface area contributed by atoms with Crippen LogP contribution >= 0.6 is 0 Å². The molecule has 0 aromatic carbocycles. The van der Waals surface area contributed by atoms with E-state index in [-0.39, 0.29) is 0 Å². The lowest BCUT2D eigenvalue weighted by Gasteiger charge is -2.19. The number of hydrogen-bond acceptors (Lipinski definition) is 3. The molecular weight excluding hydrogens is 154 g/mol. The zero-order chi connectivity index (χ0) is 7.97. The Labute approximate surface area is 71.9 Å². The summed E-state index contributed by atoms with van der Waals surface area (Å²) < 4.78 is 10.9. The largest absolute Gasteiger partial charge is 0.351 e. The molecule has 3 nitrogen and oxygen atoms in total. The Balaban J connectivity index is 1.92. The Kier molecular flexibility index (Phi) is 1.50. The van der Waals surface area contributed by atoms with Gasteiger partial charge in [0.2, 0.25) is 0 Å². The molecule has 0 spiro atoms. The SMILES string of the molecule is C1=C2COCOC3CCN(C1)C23. The van der Waals surface area contributed by atoms with Crippen molar-refractivity contribution in [3.8, 4) is 0 Å². The Morgan fingerprint density at radius 2 is 2.50 bits per heavy atom. The van der Waals surface area contributed by atoms with E-state index in [2.05, 4.69) is 11.0 Å². The predicted molar refractivity (Wildman–Crippen MR) is 43.8 cm³/mol. The van der Waals surface area contributed by atoms with E-state index in [1.807, 2.05) is 0 Å². The summed E-state index contributed by atoms with van der Waals surface area (Å²) in [5, 5.41) is 0. The number of hydrogen-bond donors (Lipinski definition) is 0. The predicted octanol–water partition coefficient (Wildman–Crippen LogP) is 0.374. The molecule has 12 heavy (non-hydrogen) atoms. The minimum Gasteiger partial charge on any atom is -0.351 e. The lowest BCUT2D eigenvalue weighted by atomic mass is 10.1. The van der Waals surface area contributed by atoms with E-state index < -0.39 is 0 Å². The Bertz CT molecular complexity index is 227. The Morgan fingerprint density at radius 1 is 1.50 bits per heavy atom. The molecule has 0 radical (unpaired) electrons. The van der Waals surface area contributed by atoms with Gasteiger partial charge in [-0.25, -0.2) is 0 Å². The van der Waals surface area contributed by atoms with Gasteiger partial charge in [0, 0.05) is 13.1 Å². The zero-order valence-corrected chi connectivity index (χ0v) is 7.03. The van der Waals surface area contributed by atoms with Gasteiger partial charge in [-0.15, -0.1) is 0 Å². The number of rotatable bonds is 0. The van der Waals surface area contributed by atoms with Gasteiger partial charge in [0.15, 0.2) is 0 Å². The van der Waals surface area contributed by atoms with Crippen molar-refractivity contribution in [2.24, 2.45) is 0 Å². The molecule has 3 rings (SSSR count). The molecule has 0 aromatic heterocycles. The second-order valence-electron chi connectivity index (χ2n) is 3.68. The third-order valence-corrected chi connectivity index (χ3v) is 3.05. The molecular formula is C9H13NO2.